The maximum Gasteiger partial charge on any atom is 0.411 e. The molecule has 0 radical (unpaired) electrons. The number of benzene rings is 2. The molecule has 0 unspecified atom stereocenters. The van der Waals surface area contributed by atoms with Gasteiger partial charge in [0, 0.05) is 16.3 Å². The number of amides is 1. The predicted octanol–water partition coefficient (Wildman–Crippen LogP) is 4.75. The van der Waals surface area contributed by atoms with Crippen molar-refractivity contribution in [3.8, 4) is 17.1 Å². The topological polar surface area (TPSA) is 73.6 Å². The first kappa shape index (κ1) is 16.9. The molecule has 3 aromatic rings. The summed E-state index contributed by atoms with van der Waals surface area (Å²) in [5, 5.41) is 3.22. The van der Waals surface area contributed by atoms with Crippen molar-refractivity contribution in [2.45, 2.75) is 6.61 Å². The standard InChI is InChI=1S/C18H15ClN2O4/c1-23-18(22)21-14-6-8-15(9-7-14)24-11-17-20-10-16(25-17)12-2-4-13(19)5-3-12/h2-10H,11H2,1H3,(H,21,22). The monoisotopic (exact) mass is 358 g/mol. The van der Waals surface area contributed by atoms with Gasteiger partial charge in [-0.15, -0.1) is 0 Å². The molecule has 7 heteroatoms. The van der Waals surface area contributed by atoms with Crippen molar-refractivity contribution in [3.63, 3.8) is 0 Å². The third kappa shape index (κ3) is 4.51. The molecule has 0 saturated carbocycles. The Labute approximate surface area is 149 Å². The van der Waals surface area contributed by atoms with Gasteiger partial charge in [0.25, 0.3) is 0 Å². The normalized spacial score (nSPS) is 10.3. The van der Waals surface area contributed by atoms with E-state index in [9.17, 15) is 4.79 Å². The Morgan fingerprint density at radius 1 is 1.16 bits per heavy atom. The van der Waals surface area contributed by atoms with Crippen molar-refractivity contribution in [3.05, 3.63) is 65.6 Å². The minimum Gasteiger partial charge on any atom is -0.484 e. The van der Waals surface area contributed by atoms with Gasteiger partial charge in [-0.2, -0.15) is 0 Å². The first-order valence-electron chi connectivity index (χ1n) is 7.42. The molecule has 0 bridgehead atoms. The maximum absolute atomic E-state index is 11.1. The van der Waals surface area contributed by atoms with Crippen molar-refractivity contribution in [1.82, 2.24) is 4.98 Å². The number of nitrogens with one attached hydrogen (secondary N) is 1. The van der Waals surface area contributed by atoms with Crippen molar-refractivity contribution >= 4 is 23.4 Å². The number of methoxy groups -OCH3 is 1. The Kier molecular flexibility index (Phi) is 5.20. The van der Waals surface area contributed by atoms with Gasteiger partial charge in [-0.3, -0.25) is 5.32 Å². The highest BCUT2D eigenvalue weighted by atomic mass is 35.5. The van der Waals surface area contributed by atoms with Crippen LogP contribution in [-0.2, 0) is 11.3 Å². The lowest BCUT2D eigenvalue weighted by Crippen LogP contribution is -2.10. The number of hydrogen-bond acceptors (Lipinski definition) is 5. The first-order valence-corrected chi connectivity index (χ1v) is 7.80. The quantitative estimate of drug-likeness (QED) is 0.712. The van der Waals surface area contributed by atoms with Gasteiger partial charge in [0.15, 0.2) is 12.4 Å². The Hall–Kier alpha value is -2.99. The zero-order valence-electron chi connectivity index (χ0n) is 13.4. The van der Waals surface area contributed by atoms with Crippen LogP contribution < -0.4 is 10.1 Å². The molecule has 1 heterocycles. The second kappa shape index (κ2) is 7.72. The van der Waals surface area contributed by atoms with Crippen LogP contribution in [0.2, 0.25) is 5.02 Å². The van der Waals surface area contributed by atoms with Crippen LogP contribution in [0.25, 0.3) is 11.3 Å². The van der Waals surface area contributed by atoms with Crippen LogP contribution in [0.3, 0.4) is 0 Å². The Bertz CT molecular complexity index is 844. The highest BCUT2D eigenvalue weighted by Gasteiger charge is 2.07. The summed E-state index contributed by atoms with van der Waals surface area (Å²) in [6.45, 7) is 0.192. The Morgan fingerprint density at radius 2 is 1.88 bits per heavy atom. The molecule has 0 spiro atoms. The molecule has 0 fully saturated rings. The fraction of sp³-hybridized carbons (Fsp3) is 0.111. The van der Waals surface area contributed by atoms with Crippen molar-refractivity contribution in [2.24, 2.45) is 0 Å². The summed E-state index contributed by atoms with van der Waals surface area (Å²) in [6, 6.07) is 14.2. The van der Waals surface area contributed by atoms with E-state index >= 15 is 0 Å². The average Bonchev–Trinajstić information content (AvgIpc) is 3.10. The number of anilines is 1. The molecule has 1 aromatic heterocycles. The van der Waals surface area contributed by atoms with Gasteiger partial charge in [0.05, 0.1) is 13.3 Å². The van der Waals surface area contributed by atoms with E-state index in [0.29, 0.717) is 28.1 Å². The largest absolute Gasteiger partial charge is 0.484 e. The smallest absolute Gasteiger partial charge is 0.411 e. The number of ether oxygens (including phenoxy) is 2. The van der Waals surface area contributed by atoms with E-state index in [2.05, 4.69) is 15.0 Å². The number of rotatable bonds is 5. The molecule has 1 amide bonds. The molecule has 25 heavy (non-hydrogen) atoms. The van der Waals surface area contributed by atoms with Crippen LogP contribution in [0.4, 0.5) is 10.5 Å². The molecule has 0 aliphatic heterocycles. The van der Waals surface area contributed by atoms with Gasteiger partial charge in [-0.05, 0) is 48.5 Å². The minimum absolute atomic E-state index is 0.192. The van der Waals surface area contributed by atoms with Crippen molar-refractivity contribution in [1.29, 1.82) is 0 Å². The molecule has 3 rings (SSSR count). The van der Waals surface area contributed by atoms with Gasteiger partial charge < -0.3 is 13.9 Å². The predicted molar refractivity (Wildman–Crippen MR) is 93.8 cm³/mol. The second-order valence-corrected chi connectivity index (χ2v) is 5.49. The van der Waals surface area contributed by atoms with Crippen LogP contribution in [0.1, 0.15) is 5.89 Å². The van der Waals surface area contributed by atoms with Crippen LogP contribution in [0.5, 0.6) is 5.75 Å². The summed E-state index contributed by atoms with van der Waals surface area (Å²) in [5.41, 5.74) is 1.50. The van der Waals surface area contributed by atoms with E-state index < -0.39 is 6.09 Å². The zero-order chi connectivity index (χ0) is 17.6. The van der Waals surface area contributed by atoms with E-state index in [1.807, 2.05) is 12.1 Å². The third-order valence-electron chi connectivity index (χ3n) is 3.33. The molecule has 0 saturated heterocycles. The van der Waals surface area contributed by atoms with Gasteiger partial charge in [0.2, 0.25) is 5.89 Å². The van der Waals surface area contributed by atoms with Crippen molar-refractivity contribution < 1.29 is 18.7 Å². The highest BCUT2D eigenvalue weighted by Crippen LogP contribution is 2.23. The zero-order valence-corrected chi connectivity index (χ0v) is 14.1. The molecule has 128 valence electrons. The lowest BCUT2D eigenvalue weighted by atomic mass is 10.2. The van der Waals surface area contributed by atoms with Gasteiger partial charge in [-0.25, -0.2) is 9.78 Å². The van der Waals surface area contributed by atoms with Gasteiger partial charge >= 0.3 is 6.09 Å². The fourth-order valence-corrected chi connectivity index (χ4v) is 2.20. The fourth-order valence-electron chi connectivity index (χ4n) is 2.07. The van der Waals surface area contributed by atoms with Crippen LogP contribution in [0.15, 0.2) is 59.1 Å². The van der Waals surface area contributed by atoms with Gasteiger partial charge in [-0.1, -0.05) is 11.6 Å². The van der Waals surface area contributed by atoms with E-state index in [4.69, 9.17) is 20.8 Å². The van der Waals surface area contributed by atoms with Crippen LogP contribution >= 0.6 is 11.6 Å². The summed E-state index contributed by atoms with van der Waals surface area (Å²) in [7, 11) is 1.31. The average molecular weight is 359 g/mol. The van der Waals surface area contributed by atoms with Crippen LogP contribution in [0, 0.1) is 0 Å². The Balaban J connectivity index is 1.58. The number of carbonyl (C=O) groups is 1. The molecule has 0 aliphatic carbocycles. The van der Waals surface area contributed by atoms with Gasteiger partial charge in [0.1, 0.15) is 5.75 Å². The highest BCUT2D eigenvalue weighted by molar-refractivity contribution is 6.30. The number of nitrogens with zero attached hydrogens (tertiary/aromatic N) is 1. The minimum atomic E-state index is -0.525. The van der Waals surface area contributed by atoms with Crippen LogP contribution in [-0.4, -0.2) is 18.2 Å². The van der Waals surface area contributed by atoms with Crippen molar-refractivity contribution in [2.75, 3.05) is 12.4 Å². The van der Waals surface area contributed by atoms with E-state index in [0.717, 1.165) is 5.56 Å². The number of oxazole rings is 1. The van der Waals surface area contributed by atoms with E-state index in [1.165, 1.54) is 7.11 Å². The molecule has 0 aliphatic rings. The second-order valence-electron chi connectivity index (χ2n) is 5.05. The Morgan fingerprint density at radius 3 is 2.56 bits per heavy atom. The summed E-state index contributed by atoms with van der Waals surface area (Å²) in [4.78, 5) is 15.3. The number of carbonyl (C=O) groups excluding carboxylic acids is 1. The maximum atomic E-state index is 11.1. The molecular formula is C18H15ClN2O4. The molecule has 1 N–H and O–H groups in total. The molecular weight excluding hydrogens is 344 g/mol. The SMILES string of the molecule is COC(=O)Nc1ccc(OCc2ncc(-c3ccc(Cl)cc3)o2)cc1. The summed E-state index contributed by atoms with van der Waals surface area (Å²) in [5.74, 6) is 1.73. The summed E-state index contributed by atoms with van der Waals surface area (Å²) < 4.78 is 15.8. The molecule has 0 atom stereocenters. The van der Waals surface area contributed by atoms with E-state index in [1.54, 1.807) is 42.6 Å². The lowest BCUT2D eigenvalue weighted by molar-refractivity contribution is 0.187. The van der Waals surface area contributed by atoms with E-state index in [-0.39, 0.29) is 6.61 Å². The summed E-state index contributed by atoms with van der Waals surface area (Å²) >= 11 is 5.87. The molecule has 2 aromatic carbocycles. The summed E-state index contributed by atoms with van der Waals surface area (Å²) in [6.07, 6.45) is 1.12. The first-order chi connectivity index (χ1) is 12.1. The number of halogens is 1. The molecule has 6 nitrogen and oxygen atoms in total. The number of hydrogen-bond donors (Lipinski definition) is 1. The third-order valence-corrected chi connectivity index (χ3v) is 3.58. The number of aromatic nitrogens is 1. The lowest BCUT2D eigenvalue weighted by Gasteiger charge is -2.06.